The fourth-order valence-corrected chi connectivity index (χ4v) is 12.7. The van der Waals surface area contributed by atoms with E-state index in [9.17, 15) is 16.8 Å². The van der Waals surface area contributed by atoms with Crippen molar-refractivity contribution >= 4 is 53.2 Å². The number of nitrogens with zero attached hydrogens (tertiary/aromatic N) is 2. The SMILES string of the molecule is CCCCOS(=O)(=O)CCCCN1C(=CC=CC=CC=CC2=[N+](CCCCS(=O)(=O)OCCCC)C3=S(C=Cc4ccccc43)C2(C)C)C(C)(C)C(C)=C1c1ccccc1C. The Labute approximate surface area is 370 Å². The van der Waals surface area contributed by atoms with Gasteiger partial charge in [0.15, 0.2) is 5.71 Å². The molecule has 0 bridgehead atoms. The Morgan fingerprint density at radius 2 is 1.31 bits per heavy atom. The van der Waals surface area contributed by atoms with Crippen LogP contribution < -0.4 is 0 Å². The van der Waals surface area contributed by atoms with Gasteiger partial charge in [-0.3, -0.25) is 8.37 Å². The fraction of sp³-hybridized carbons (Fsp3) is 0.480. The molecular formula is C50H69N2O6S3+. The van der Waals surface area contributed by atoms with Crippen molar-refractivity contribution in [3.05, 3.63) is 130 Å². The van der Waals surface area contributed by atoms with E-state index in [2.05, 4.69) is 154 Å². The summed E-state index contributed by atoms with van der Waals surface area (Å²) in [5, 5.41) is 2.35. The van der Waals surface area contributed by atoms with Crippen LogP contribution in [0.25, 0.3) is 11.8 Å². The van der Waals surface area contributed by atoms with Crippen LogP contribution in [0.2, 0.25) is 0 Å². The molecule has 0 amide bonds. The molecule has 1 atom stereocenters. The van der Waals surface area contributed by atoms with Gasteiger partial charge in [-0.1, -0.05) is 124 Å². The molecule has 61 heavy (non-hydrogen) atoms. The Morgan fingerprint density at radius 1 is 0.721 bits per heavy atom. The normalized spacial score (nSPS) is 19.5. The number of hydrogen-bond acceptors (Lipinski definition) is 7. The van der Waals surface area contributed by atoms with Crippen molar-refractivity contribution in [2.24, 2.45) is 5.41 Å². The summed E-state index contributed by atoms with van der Waals surface area (Å²) in [5.41, 5.74) is 9.50. The maximum Gasteiger partial charge on any atom is 0.267 e. The lowest BCUT2D eigenvalue weighted by Gasteiger charge is -2.29. The van der Waals surface area contributed by atoms with Gasteiger partial charge in [0.2, 0.25) is 4.99 Å². The van der Waals surface area contributed by atoms with Crippen LogP contribution in [-0.4, -0.2) is 79.6 Å². The summed E-state index contributed by atoms with van der Waals surface area (Å²) >= 11 is 0. The number of benzene rings is 2. The highest BCUT2D eigenvalue weighted by Crippen LogP contribution is 2.51. The van der Waals surface area contributed by atoms with Crippen LogP contribution in [0, 0.1) is 12.3 Å². The Morgan fingerprint density at radius 3 is 1.97 bits per heavy atom. The first-order chi connectivity index (χ1) is 29.1. The highest BCUT2D eigenvalue weighted by molar-refractivity contribution is 8.20. The molecule has 0 saturated carbocycles. The molecule has 8 nitrogen and oxygen atoms in total. The summed E-state index contributed by atoms with van der Waals surface area (Å²) in [6.45, 7) is 19.5. The first-order valence-corrected chi connectivity index (χ1v) is 26.5. The number of aryl methyl sites for hydroxylation is 1. The lowest BCUT2D eigenvalue weighted by molar-refractivity contribution is -0.403. The highest BCUT2D eigenvalue weighted by Gasteiger charge is 2.46. The summed E-state index contributed by atoms with van der Waals surface area (Å²) in [5.74, 6) is 0.0453. The number of fused-ring (bicyclic) bond motifs is 2. The van der Waals surface area contributed by atoms with Gasteiger partial charge in [-0.25, -0.2) is 0 Å². The van der Waals surface area contributed by atoms with Crippen LogP contribution in [0.3, 0.4) is 0 Å². The van der Waals surface area contributed by atoms with Crippen molar-refractivity contribution in [2.45, 2.75) is 112 Å². The molecule has 0 saturated heterocycles. The smallest absolute Gasteiger partial charge is 0.267 e. The van der Waals surface area contributed by atoms with Crippen molar-refractivity contribution in [2.75, 3.05) is 37.8 Å². The molecular weight excluding hydrogens is 821 g/mol. The number of hydrogen-bond donors (Lipinski definition) is 0. The average Bonchev–Trinajstić information content (AvgIpc) is 3.55. The summed E-state index contributed by atoms with van der Waals surface area (Å²) in [7, 11) is -7.24. The van der Waals surface area contributed by atoms with Crippen molar-refractivity contribution in [3.63, 3.8) is 0 Å². The predicted molar refractivity (Wildman–Crippen MR) is 259 cm³/mol. The van der Waals surface area contributed by atoms with Crippen molar-refractivity contribution in [1.82, 2.24) is 4.90 Å². The first-order valence-electron chi connectivity index (χ1n) is 22.1. The van der Waals surface area contributed by atoms with E-state index >= 15 is 0 Å². The van der Waals surface area contributed by atoms with Gasteiger partial charge in [0, 0.05) is 41.4 Å². The standard InChI is InChI=1S/C50H69N2O6S3/c1-9-11-35-57-60(53,54)38-24-22-33-51-45(49(5,6)41(4)47(51)43-28-20-18-26-40(43)3)30-16-14-13-15-17-31-46-50(7,8)59-37-32-42-27-19-21-29-44(42)48(59)52(46)34-23-25-39-61(55,56)58-36-12-10-2/h13-21,26-32,37H,9-12,22-25,33-36,38-39H2,1-8H3/q+1. The van der Waals surface area contributed by atoms with Gasteiger partial charge in [0.25, 0.3) is 20.2 Å². The third kappa shape index (κ3) is 12.1. The highest BCUT2D eigenvalue weighted by atomic mass is 32.2. The van der Waals surface area contributed by atoms with Crippen LogP contribution in [-0.2, 0) is 28.6 Å². The van der Waals surface area contributed by atoms with Gasteiger partial charge >= 0.3 is 0 Å². The first kappa shape index (κ1) is 48.4. The van der Waals surface area contributed by atoms with E-state index in [1.807, 2.05) is 13.8 Å². The van der Waals surface area contributed by atoms with E-state index in [0.29, 0.717) is 25.8 Å². The molecule has 0 spiro atoms. The second-order valence-electron chi connectivity index (χ2n) is 17.1. The third-order valence-electron chi connectivity index (χ3n) is 11.9. The van der Waals surface area contributed by atoms with Crippen molar-refractivity contribution < 1.29 is 29.8 Å². The van der Waals surface area contributed by atoms with E-state index in [0.717, 1.165) is 38.6 Å². The van der Waals surface area contributed by atoms with Gasteiger partial charge in [-0.2, -0.15) is 21.4 Å². The monoisotopic (exact) mass is 889 g/mol. The van der Waals surface area contributed by atoms with E-state index in [1.165, 1.54) is 49.9 Å². The quantitative estimate of drug-likeness (QED) is 0.0361. The van der Waals surface area contributed by atoms with Crippen LogP contribution >= 0.6 is 10.5 Å². The Hall–Kier alpha value is -3.61. The molecule has 332 valence electrons. The molecule has 3 aliphatic rings. The maximum absolute atomic E-state index is 12.5. The molecule has 0 radical (unpaired) electrons. The molecule has 3 heterocycles. The zero-order chi connectivity index (χ0) is 44.3. The van der Waals surface area contributed by atoms with Crippen LogP contribution in [0.1, 0.15) is 122 Å². The summed E-state index contributed by atoms with van der Waals surface area (Å²) in [6.07, 6.45) is 22.8. The molecule has 11 heteroatoms. The van der Waals surface area contributed by atoms with Gasteiger partial charge < -0.3 is 4.90 Å². The lowest BCUT2D eigenvalue weighted by atomic mass is 9.83. The minimum atomic E-state index is -3.54. The number of unbranched alkanes of at least 4 members (excludes halogenated alkanes) is 4. The summed E-state index contributed by atoms with van der Waals surface area (Å²) < 4.78 is 62.9. The van der Waals surface area contributed by atoms with Crippen molar-refractivity contribution in [1.29, 1.82) is 0 Å². The van der Waals surface area contributed by atoms with Gasteiger partial charge in [-0.15, -0.1) is 0 Å². The molecule has 0 aliphatic carbocycles. The molecule has 2 aromatic carbocycles. The molecule has 2 aromatic rings. The largest absolute Gasteiger partial charge is 0.344 e. The van der Waals surface area contributed by atoms with Crippen LogP contribution in [0.15, 0.2) is 108 Å². The molecule has 1 unspecified atom stereocenters. The molecule has 3 aliphatic heterocycles. The van der Waals surface area contributed by atoms with Crippen LogP contribution in [0.4, 0.5) is 0 Å². The second kappa shape index (κ2) is 21.7. The maximum atomic E-state index is 12.5. The second-order valence-corrected chi connectivity index (χ2v) is 23.0. The average molecular weight is 890 g/mol. The van der Waals surface area contributed by atoms with Crippen molar-refractivity contribution in [3.8, 4) is 0 Å². The molecule has 0 aromatic heterocycles. The zero-order valence-electron chi connectivity index (χ0n) is 37.8. The van der Waals surface area contributed by atoms with E-state index in [4.69, 9.17) is 8.37 Å². The van der Waals surface area contributed by atoms with E-state index < -0.39 is 20.2 Å². The predicted octanol–water partition coefficient (Wildman–Crippen LogP) is 11.2. The Balaban J connectivity index is 1.35. The van der Waals surface area contributed by atoms with Crippen LogP contribution in [0.5, 0.6) is 0 Å². The van der Waals surface area contributed by atoms with Gasteiger partial charge in [-0.05, 0) is 100 Å². The lowest BCUT2D eigenvalue weighted by Crippen LogP contribution is -2.31. The third-order valence-corrected chi connectivity index (χ3v) is 17.1. The minimum absolute atomic E-state index is 0.0189. The van der Waals surface area contributed by atoms with E-state index in [1.54, 1.807) is 0 Å². The van der Waals surface area contributed by atoms with Gasteiger partial charge in [0.1, 0.15) is 6.54 Å². The summed E-state index contributed by atoms with van der Waals surface area (Å²) in [6, 6.07) is 17.0. The zero-order valence-corrected chi connectivity index (χ0v) is 40.2. The minimum Gasteiger partial charge on any atom is -0.344 e. The number of rotatable bonds is 23. The topological polar surface area (TPSA) is 93.0 Å². The molecule has 0 fully saturated rings. The van der Waals surface area contributed by atoms with E-state index in [-0.39, 0.29) is 45.4 Å². The number of allylic oxidation sites excluding steroid dienone is 8. The molecule has 5 rings (SSSR count). The fourth-order valence-electron chi connectivity index (χ4n) is 8.12. The van der Waals surface area contributed by atoms with Gasteiger partial charge in [0.05, 0.1) is 35.0 Å². The molecule has 0 N–H and O–H groups in total. The Bertz CT molecular complexity index is 2360. The summed E-state index contributed by atoms with van der Waals surface area (Å²) in [4.78, 5) is 3.70. The Kier molecular flexibility index (Phi) is 17.2.